The third-order valence-corrected chi connectivity index (χ3v) is 2.84. The van der Waals surface area contributed by atoms with Crippen LogP contribution in [0.4, 0.5) is 0 Å². The quantitative estimate of drug-likeness (QED) is 0.329. The topological polar surface area (TPSA) is 72.0 Å². The van der Waals surface area contributed by atoms with Crippen LogP contribution in [0.1, 0.15) is 18.9 Å². The van der Waals surface area contributed by atoms with Gasteiger partial charge in [-0.1, -0.05) is 17.7 Å². The number of carbonyl (C=O) groups is 1. The van der Waals surface area contributed by atoms with E-state index in [4.69, 9.17) is 4.74 Å². The lowest BCUT2D eigenvalue weighted by Crippen LogP contribution is -2.39. The molecule has 0 aliphatic rings. The number of nitrogens with one attached hydrogen (secondary N) is 2. The van der Waals surface area contributed by atoms with Crippen LogP contribution in [0, 0.1) is 6.92 Å². The molecule has 6 nitrogen and oxygen atoms in total. The molecule has 0 saturated carbocycles. The van der Waals surface area contributed by atoms with E-state index < -0.39 is 0 Å². The average molecular weight is 307 g/mol. The molecule has 0 heterocycles. The molecule has 0 unspecified atom stereocenters. The van der Waals surface area contributed by atoms with E-state index in [2.05, 4.69) is 20.4 Å². The summed E-state index contributed by atoms with van der Waals surface area (Å²) in [6.45, 7) is 6.32. The zero-order valence-corrected chi connectivity index (χ0v) is 13.5. The van der Waals surface area contributed by atoms with E-state index in [9.17, 15) is 4.79 Å². The second kappa shape index (κ2) is 10.5. The van der Waals surface area contributed by atoms with Gasteiger partial charge in [0.15, 0.2) is 5.96 Å². The lowest BCUT2D eigenvalue weighted by Gasteiger charge is -2.12. The first-order valence-electron chi connectivity index (χ1n) is 7.44. The number of ether oxygens (including phenoxy) is 2. The van der Waals surface area contributed by atoms with Crippen molar-refractivity contribution in [3.05, 3.63) is 29.8 Å². The summed E-state index contributed by atoms with van der Waals surface area (Å²) in [6.07, 6.45) is 0.271. The molecule has 0 radical (unpaired) electrons. The molecule has 1 aromatic carbocycles. The first kappa shape index (κ1) is 17.8. The van der Waals surface area contributed by atoms with Crippen molar-refractivity contribution < 1.29 is 14.3 Å². The molecular formula is C16H25N3O3. The van der Waals surface area contributed by atoms with Gasteiger partial charge in [0.25, 0.3) is 0 Å². The van der Waals surface area contributed by atoms with Crippen LogP contribution in [0.25, 0.3) is 0 Å². The summed E-state index contributed by atoms with van der Waals surface area (Å²) >= 11 is 0. The molecule has 122 valence electrons. The maximum Gasteiger partial charge on any atom is 0.307 e. The Kier molecular flexibility index (Phi) is 8.49. The number of methoxy groups -OCH3 is 1. The fourth-order valence-corrected chi connectivity index (χ4v) is 1.68. The van der Waals surface area contributed by atoms with Gasteiger partial charge in [-0.3, -0.25) is 9.79 Å². The van der Waals surface area contributed by atoms with Crippen LogP contribution in [0.15, 0.2) is 29.3 Å². The van der Waals surface area contributed by atoms with E-state index in [0.717, 1.165) is 12.3 Å². The third kappa shape index (κ3) is 7.52. The van der Waals surface area contributed by atoms with Gasteiger partial charge in [-0.2, -0.15) is 0 Å². The van der Waals surface area contributed by atoms with Crippen molar-refractivity contribution in [3.8, 4) is 5.75 Å². The average Bonchev–Trinajstić information content (AvgIpc) is 2.53. The minimum absolute atomic E-state index is 0.262. The number of benzene rings is 1. The van der Waals surface area contributed by atoms with E-state index in [1.54, 1.807) is 0 Å². The normalized spacial score (nSPS) is 11.0. The van der Waals surface area contributed by atoms with Crippen molar-refractivity contribution in [2.24, 2.45) is 4.99 Å². The van der Waals surface area contributed by atoms with Crippen LogP contribution in [0.3, 0.4) is 0 Å². The number of guanidine groups is 1. The molecular weight excluding hydrogens is 282 g/mol. The van der Waals surface area contributed by atoms with E-state index in [1.165, 1.54) is 12.7 Å². The molecule has 0 saturated heterocycles. The Morgan fingerprint density at radius 3 is 2.59 bits per heavy atom. The minimum atomic E-state index is -0.262. The summed E-state index contributed by atoms with van der Waals surface area (Å²) < 4.78 is 10.2. The molecule has 0 amide bonds. The highest BCUT2D eigenvalue weighted by molar-refractivity contribution is 5.80. The third-order valence-electron chi connectivity index (χ3n) is 2.84. The number of carbonyl (C=O) groups excluding carboxylic acids is 1. The van der Waals surface area contributed by atoms with Gasteiger partial charge in [-0.25, -0.2) is 0 Å². The lowest BCUT2D eigenvalue weighted by molar-refractivity contribution is -0.140. The van der Waals surface area contributed by atoms with E-state index in [1.807, 2.05) is 38.1 Å². The Balaban J connectivity index is 2.29. The fraction of sp³-hybridized carbons (Fsp3) is 0.500. The molecule has 0 atom stereocenters. The van der Waals surface area contributed by atoms with Gasteiger partial charge >= 0.3 is 5.97 Å². The Morgan fingerprint density at radius 2 is 1.95 bits per heavy atom. The van der Waals surface area contributed by atoms with Gasteiger partial charge in [0.2, 0.25) is 0 Å². The summed E-state index contributed by atoms with van der Waals surface area (Å²) in [6, 6.07) is 7.93. The zero-order chi connectivity index (χ0) is 16.2. The van der Waals surface area contributed by atoms with Crippen LogP contribution >= 0.6 is 0 Å². The number of aryl methyl sites for hydroxylation is 1. The highest BCUT2D eigenvalue weighted by Crippen LogP contribution is 2.10. The molecule has 0 aromatic heterocycles. The van der Waals surface area contributed by atoms with Gasteiger partial charge < -0.3 is 20.1 Å². The summed E-state index contributed by atoms with van der Waals surface area (Å²) in [5, 5.41) is 6.27. The first-order valence-corrected chi connectivity index (χ1v) is 7.44. The SMILES string of the molecule is CCNC(=NCCC(=O)OC)NCCOc1ccc(C)cc1. The molecule has 0 aliphatic carbocycles. The van der Waals surface area contributed by atoms with Crippen LogP contribution in [-0.2, 0) is 9.53 Å². The van der Waals surface area contributed by atoms with Crippen molar-refractivity contribution in [2.45, 2.75) is 20.3 Å². The van der Waals surface area contributed by atoms with Gasteiger partial charge in [-0.05, 0) is 26.0 Å². The van der Waals surface area contributed by atoms with Crippen molar-refractivity contribution in [2.75, 3.05) is 33.4 Å². The molecule has 1 rings (SSSR count). The summed E-state index contributed by atoms with van der Waals surface area (Å²) in [5.41, 5.74) is 1.21. The second-order valence-electron chi connectivity index (χ2n) is 4.68. The first-order chi connectivity index (χ1) is 10.7. The molecule has 0 fully saturated rings. The summed E-state index contributed by atoms with van der Waals surface area (Å²) in [4.78, 5) is 15.3. The van der Waals surface area contributed by atoms with Gasteiger partial charge in [-0.15, -0.1) is 0 Å². The Hall–Kier alpha value is -2.24. The molecule has 22 heavy (non-hydrogen) atoms. The number of aliphatic imine (C=N–C) groups is 1. The molecule has 0 aliphatic heterocycles. The molecule has 1 aromatic rings. The fourth-order valence-electron chi connectivity index (χ4n) is 1.68. The predicted molar refractivity (Wildman–Crippen MR) is 87.3 cm³/mol. The summed E-state index contributed by atoms with van der Waals surface area (Å²) in [7, 11) is 1.37. The molecule has 6 heteroatoms. The van der Waals surface area contributed by atoms with Crippen LogP contribution < -0.4 is 15.4 Å². The Morgan fingerprint density at radius 1 is 1.23 bits per heavy atom. The van der Waals surface area contributed by atoms with Crippen molar-refractivity contribution in [1.29, 1.82) is 0 Å². The van der Waals surface area contributed by atoms with Gasteiger partial charge in [0, 0.05) is 6.54 Å². The largest absolute Gasteiger partial charge is 0.492 e. The molecule has 0 bridgehead atoms. The highest BCUT2D eigenvalue weighted by atomic mass is 16.5. The van der Waals surface area contributed by atoms with E-state index in [-0.39, 0.29) is 12.4 Å². The maximum absolute atomic E-state index is 11.0. The van der Waals surface area contributed by atoms with Crippen LogP contribution in [0.5, 0.6) is 5.75 Å². The van der Waals surface area contributed by atoms with Crippen LogP contribution in [0.2, 0.25) is 0 Å². The smallest absolute Gasteiger partial charge is 0.307 e. The second-order valence-corrected chi connectivity index (χ2v) is 4.68. The number of esters is 1. The van der Waals surface area contributed by atoms with Crippen molar-refractivity contribution in [1.82, 2.24) is 10.6 Å². The number of nitrogens with zero attached hydrogens (tertiary/aromatic N) is 1. The van der Waals surface area contributed by atoms with E-state index >= 15 is 0 Å². The monoisotopic (exact) mass is 307 g/mol. The van der Waals surface area contributed by atoms with E-state index in [0.29, 0.717) is 25.7 Å². The highest BCUT2D eigenvalue weighted by Gasteiger charge is 2.01. The number of hydrogen-bond acceptors (Lipinski definition) is 4. The number of hydrogen-bond donors (Lipinski definition) is 2. The number of rotatable bonds is 8. The maximum atomic E-state index is 11.0. The lowest BCUT2D eigenvalue weighted by atomic mass is 10.2. The molecule has 2 N–H and O–H groups in total. The molecule has 0 spiro atoms. The standard InChI is InChI=1S/C16H25N3O3/c1-4-17-16(18-10-9-15(20)21-3)19-11-12-22-14-7-5-13(2)6-8-14/h5-8H,4,9-12H2,1-3H3,(H2,17,18,19). The predicted octanol–water partition coefficient (Wildman–Crippen LogP) is 1.49. The van der Waals surface area contributed by atoms with Crippen molar-refractivity contribution >= 4 is 11.9 Å². The van der Waals surface area contributed by atoms with Gasteiger partial charge in [0.1, 0.15) is 12.4 Å². The van der Waals surface area contributed by atoms with Crippen LogP contribution in [-0.4, -0.2) is 45.3 Å². The Bertz CT molecular complexity index is 472. The van der Waals surface area contributed by atoms with Crippen molar-refractivity contribution in [3.63, 3.8) is 0 Å². The van der Waals surface area contributed by atoms with Gasteiger partial charge in [0.05, 0.1) is 26.6 Å². The Labute approximate surface area is 131 Å². The summed E-state index contributed by atoms with van der Waals surface area (Å²) in [5.74, 6) is 1.25. The zero-order valence-electron chi connectivity index (χ0n) is 13.5. The minimum Gasteiger partial charge on any atom is -0.492 e.